The van der Waals surface area contributed by atoms with Crippen LogP contribution in [0.5, 0.6) is 0 Å². The molecule has 29 heavy (non-hydrogen) atoms. The minimum absolute atomic E-state index is 0.140. The summed E-state index contributed by atoms with van der Waals surface area (Å²) in [7, 11) is 3.06. The summed E-state index contributed by atoms with van der Waals surface area (Å²) < 4.78 is 4.19. The number of carbonyl (C=O) groups excluding carboxylic acids is 1. The fourth-order valence-electron chi connectivity index (χ4n) is 4.20. The van der Waals surface area contributed by atoms with Crippen molar-refractivity contribution in [3.05, 3.63) is 63.1 Å². The Morgan fingerprint density at radius 3 is 2.66 bits per heavy atom. The number of nitrogens with zero attached hydrogens (tertiary/aromatic N) is 5. The van der Waals surface area contributed by atoms with E-state index in [0.717, 1.165) is 24.0 Å². The Bertz CT molecular complexity index is 1160. The molecule has 0 spiro atoms. The summed E-state index contributed by atoms with van der Waals surface area (Å²) in [5, 5.41) is 0. The first kappa shape index (κ1) is 19.2. The number of imidazole rings is 1. The number of hydrogen-bond acceptors (Lipinski definition) is 4. The van der Waals surface area contributed by atoms with Crippen molar-refractivity contribution in [3.63, 3.8) is 0 Å². The van der Waals surface area contributed by atoms with Gasteiger partial charge in [-0.15, -0.1) is 0 Å². The molecule has 4 rings (SSSR count). The Balaban J connectivity index is 1.46. The van der Waals surface area contributed by atoms with Crippen molar-refractivity contribution >= 4 is 17.1 Å². The van der Waals surface area contributed by atoms with Crippen LogP contribution < -0.4 is 11.2 Å². The highest BCUT2D eigenvalue weighted by Gasteiger charge is 2.29. The summed E-state index contributed by atoms with van der Waals surface area (Å²) in [5.41, 5.74) is 1.18. The van der Waals surface area contributed by atoms with E-state index in [4.69, 9.17) is 0 Å². The second-order valence-electron chi connectivity index (χ2n) is 7.58. The SMILES string of the molecule is Cn1c(=O)c2c(ncn2CCCC(=O)N2CCCC2c2ccccc2)n(C)c1=O. The van der Waals surface area contributed by atoms with Crippen molar-refractivity contribution in [2.75, 3.05) is 6.54 Å². The first-order chi connectivity index (χ1) is 14.0. The van der Waals surface area contributed by atoms with Crippen molar-refractivity contribution in [1.82, 2.24) is 23.6 Å². The summed E-state index contributed by atoms with van der Waals surface area (Å²) in [6.45, 7) is 1.29. The van der Waals surface area contributed by atoms with Gasteiger partial charge in [-0.25, -0.2) is 9.78 Å². The largest absolute Gasteiger partial charge is 0.336 e. The van der Waals surface area contributed by atoms with Crippen molar-refractivity contribution in [2.24, 2.45) is 14.1 Å². The van der Waals surface area contributed by atoms with Crippen molar-refractivity contribution in [3.8, 4) is 0 Å². The summed E-state index contributed by atoms with van der Waals surface area (Å²) >= 11 is 0. The smallest absolute Gasteiger partial charge is 0.332 e. The van der Waals surface area contributed by atoms with E-state index in [1.165, 1.54) is 17.2 Å². The molecule has 0 bridgehead atoms. The van der Waals surface area contributed by atoms with Crippen molar-refractivity contribution in [2.45, 2.75) is 38.3 Å². The molecule has 1 unspecified atom stereocenters. The average Bonchev–Trinajstić information content (AvgIpc) is 3.39. The van der Waals surface area contributed by atoms with Crippen LogP contribution in [0, 0.1) is 0 Å². The zero-order chi connectivity index (χ0) is 20.5. The van der Waals surface area contributed by atoms with Crippen LogP contribution in [0.4, 0.5) is 0 Å². The molecule has 1 fully saturated rings. The molecule has 0 aliphatic carbocycles. The second-order valence-corrected chi connectivity index (χ2v) is 7.58. The molecular formula is C21H25N5O3. The number of carbonyl (C=O) groups is 1. The van der Waals surface area contributed by atoms with Gasteiger partial charge in [-0.2, -0.15) is 0 Å². The molecule has 1 aromatic carbocycles. The number of aryl methyl sites for hydroxylation is 2. The molecule has 3 aromatic rings. The lowest BCUT2D eigenvalue weighted by Crippen LogP contribution is -2.37. The summed E-state index contributed by atoms with van der Waals surface area (Å²) in [6.07, 6.45) is 4.59. The number of amides is 1. The predicted molar refractivity (Wildman–Crippen MR) is 110 cm³/mol. The monoisotopic (exact) mass is 395 g/mol. The maximum absolute atomic E-state index is 12.8. The van der Waals surface area contributed by atoms with Gasteiger partial charge in [0.1, 0.15) is 0 Å². The van der Waals surface area contributed by atoms with Gasteiger partial charge in [0.15, 0.2) is 11.2 Å². The molecule has 0 saturated carbocycles. The van der Waals surface area contributed by atoms with Gasteiger partial charge in [0.25, 0.3) is 5.56 Å². The lowest BCUT2D eigenvalue weighted by molar-refractivity contribution is -0.132. The zero-order valence-corrected chi connectivity index (χ0v) is 16.7. The number of benzene rings is 1. The van der Waals surface area contributed by atoms with Gasteiger partial charge < -0.3 is 9.47 Å². The Labute approximate surface area is 168 Å². The quantitative estimate of drug-likeness (QED) is 0.657. The van der Waals surface area contributed by atoms with Gasteiger partial charge >= 0.3 is 5.69 Å². The molecule has 8 heteroatoms. The third kappa shape index (κ3) is 3.39. The van der Waals surface area contributed by atoms with Crippen molar-refractivity contribution in [1.29, 1.82) is 0 Å². The first-order valence-electron chi connectivity index (χ1n) is 9.94. The van der Waals surface area contributed by atoms with E-state index >= 15 is 0 Å². The van der Waals surface area contributed by atoms with Crippen LogP contribution in [0.1, 0.15) is 37.3 Å². The van der Waals surface area contributed by atoms with Crippen LogP contribution in [-0.4, -0.2) is 36.0 Å². The standard InChI is InChI=1S/C21H25N5O3/c1-23-19-18(20(28)24(2)21(23)29)25(14-22-19)12-7-11-17(27)26-13-6-10-16(26)15-8-4-3-5-9-15/h3-5,8-9,14,16H,6-7,10-13H2,1-2H3. The topological polar surface area (TPSA) is 82.1 Å². The van der Waals surface area contributed by atoms with E-state index in [9.17, 15) is 14.4 Å². The maximum atomic E-state index is 12.8. The highest BCUT2D eigenvalue weighted by molar-refractivity contribution is 5.77. The third-order valence-electron chi connectivity index (χ3n) is 5.76. The number of hydrogen-bond donors (Lipinski definition) is 0. The van der Waals surface area contributed by atoms with Crippen LogP contribution in [0.15, 0.2) is 46.2 Å². The van der Waals surface area contributed by atoms with E-state index in [1.54, 1.807) is 17.9 Å². The van der Waals surface area contributed by atoms with E-state index in [1.807, 2.05) is 23.1 Å². The van der Waals surface area contributed by atoms with Crippen LogP contribution >= 0.6 is 0 Å². The fraction of sp³-hybridized carbons (Fsp3) is 0.429. The summed E-state index contributed by atoms with van der Waals surface area (Å²) in [4.78, 5) is 43.6. The molecule has 3 heterocycles. The van der Waals surface area contributed by atoms with Gasteiger partial charge in [-0.3, -0.25) is 18.7 Å². The molecule has 152 valence electrons. The van der Waals surface area contributed by atoms with Gasteiger partial charge in [0.2, 0.25) is 5.91 Å². The Hall–Kier alpha value is -3.16. The molecular weight excluding hydrogens is 370 g/mol. The summed E-state index contributed by atoms with van der Waals surface area (Å²) in [6, 6.07) is 10.3. The molecule has 1 amide bonds. The fourth-order valence-corrected chi connectivity index (χ4v) is 4.20. The van der Waals surface area contributed by atoms with Gasteiger partial charge in [0, 0.05) is 33.6 Å². The third-order valence-corrected chi connectivity index (χ3v) is 5.76. The van der Waals surface area contributed by atoms with Gasteiger partial charge in [-0.1, -0.05) is 30.3 Å². The molecule has 1 saturated heterocycles. The lowest BCUT2D eigenvalue weighted by atomic mass is 10.0. The van der Waals surface area contributed by atoms with Crippen LogP contribution in [0.3, 0.4) is 0 Å². The first-order valence-corrected chi connectivity index (χ1v) is 9.94. The molecule has 8 nitrogen and oxygen atoms in total. The Morgan fingerprint density at radius 2 is 1.90 bits per heavy atom. The van der Waals surface area contributed by atoms with Crippen LogP contribution in [0.25, 0.3) is 11.2 Å². The van der Waals surface area contributed by atoms with E-state index in [-0.39, 0.29) is 17.5 Å². The Morgan fingerprint density at radius 1 is 1.14 bits per heavy atom. The average molecular weight is 395 g/mol. The molecule has 1 aliphatic heterocycles. The number of likely N-dealkylation sites (tertiary alicyclic amines) is 1. The van der Waals surface area contributed by atoms with Crippen LogP contribution in [0.2, 0.25) is 0 Å². The zero-order valence-electron chi connectivity index (χ0n) is 16.7. The van der Waals surface area contributed by atoms with E-state index in [2.05, 4.69) is 17.1 Å². The number of aromatic nitrogens is 4. The molecule has 0 radical (unpaired) electrons. The van der Waals surface area contributed by atoms with Crippen molar-refractivity contribution < 1.29 is 4.79 Å². The van der Waals surface area contributed by atoms with Gasteiger partial charge in [-0.05, 0) is 24.8 Å². The summed E-state index contributed by atoms with van der Waals surface area (Å²) in [5.74, 6) is 0.140. The van der Waals surface area contributed by atoms with Crippen LogP contribution in [-0.2, 0) is 25.4 Å². The minimum Gasteiger partial charge on any atom is -0.336 e. The molecule has 0 N–H and O–H groups in total. The molecule has 1 atom stereocenters. The second kappa shape index (κ2) is 7.69. The highest BCUT2D eigenvalue weighted by Crippen LogP contribution is 2.32. The van der Waals surface area contributed by atoms with Gasteiger partial charge in [0.05, 0.1) is 12.4 Å². The lowest BCUT2D eigenvalue weighted by Gasteiger charge is -2.25. The Kier molecular flexibility index (Phi) is 5.08. The predicted octanol–water partition coefficient (Wildman–Crippen LogP) is 1.58. The van der Waals surface area contributed by atoms with E-state index < -0.39 is 5.69 Å². The number of rotatable bonds is 5. The minimum atomic E-state index is -0.399. The highest BCUT2D eigenvalue weighted by atomic mass is 16.2. The molecule has 1 aliphatic rings. The molecule has 2 aromatic heterocycles. The normalized spacial score (nSPS) is 16.6. The maximum Gasteiger partial charge on any atom is 0.332 e. The van der Waals surface area contributed by atoms with E-state index in [0.29, 0.717) is 30.6 Å². The number of fused-ring (bicyclic) bond motifs is 1.